The standard InChI is InChI=1S/C21H30N2O5S/c1-16-9-11-18(12-10-16)29(26,27)22(2)14-21(25)28-15-20(24)23-13-5-7-17-6-3-4-8-19(17)23/h9-12,17,19H,3-8,13-15H2,1-2H3/t17-,19+/m1/s1. The number of carbonyl (C=O) groups is 2. The first-order valence-corrected chi connectivity index (χ1v) is 11.7. The van der Waals surface area contributed by atoms with Crippen LogP contribution in [0.25, 0.3) is 0 Å². The minimum atomic E-state index is -3.79. The Morgan fingerprint density at radius 3 is 2.48 bits per heavy atom. The molecular weight excluding hydrogens is 392 g/mol. The van der Waals surface area contributed by atoms with Gasteiger partial charge < -0.3 is 9.64 Å². The van der Waals surface area contributed by atoms with E-state index >= 15 is 0 Å². The van der Waals surface area contributed by atoms with Gasteiger partial charge in [0.1, 0.15) is 6.54 Å². The van der Waals surface area contributed by atoms with Gasteiger partial charge in [0.05, 0.1) is 4.90 Å². The summed E-state index contributed by atoms with van der Waals surface area (Å²) in [5.41, 5.74) is 0.947. The molecule has 160 valence electrons. The Bertz CT molecular complexity index is 835. The van der Waals surface area contributed by atoms with E-state index in [0.717, 1.165) is 42.0 Å². The molecule has 1 saturated heterocycles. The number of sulfonamides is 1. The third-order valence-electron chi connectivity index (χ3n) is 6.00. The van der Waals surface area contributed by atoms with Crippen molar-refractivity contribution in [3.63, 3.8) is 0 Å². The van der Waals surface area contributed by atoms with Gasteiger partial charge in [0.25, 0.3) is 5.91 Å². The van der Waals surface area contributed by atoms with Gasteiger partial charge in [0.2, 0.25) is 10.0 Å². The number of fused-ring (bicyclic) bond motifs is 1. The van der Waals surface area contributed by atoms with Crippen LogP contribution in [-0.2, 0) is 24.3 Å². The van der Waals surface area contributed by atoms with E-state index in [9.17, 15) is 18.0 Å². The van der Waals surface area contributed by atoms with E-state index < -0.39 is 22.5 Å². The van der Waals surface area contributed by atoms with Crippen molar-refractivity contribution in [2.75, 3.05) is 26.7 Å². The molecule has 1 amide bonds. The minimum Gasteiger partial charge on any atom is -0.455 e. The van der Waals surface area contributed by atoms with Crippen molar-refractivity contribution >= 4 is 21.9 Å². The number of piperidine rings is 1. The molecule has 0 radical (unpaired) electrons. The SMILES string of the molecule is Cc1ccc(S(=O)(=O)N(C)CC(=O)OCC(=O)N2CCC[C@H]3CCCC[C@@H]32)cc1. The third kappa shape index (κ3) is 5.17. The minimum absolute atomic E-state index is 0.117. The number of nitrogens with zero attached hydrogens (tertiary/aromatic N) is 2. The monoisotopic (exact) mass is 422 g/mol. The van der Waals surface area contributed by atoms with Crippen molar-refractivity contribution < 1.29 is 22.7 Å². The summed E-state index contributed by atoms with van der Waals surface area (Å²) in [5, 5.41) is 0. The lowest BCUT2D eigenvalue weighted by Gasteiger charge is -2.44. The average molecular weight is 423 g/mol. The number of hydrogen-bond donors (Lipinski definition) is 0. The summed E-state index contributed by atoms with van der Waals surface area (Å²) in [5.74, 6) is -0.351. The molecule has 1 aromatic rings. The average Bonchev–Trinajstić information content (AvgIpc) is 2.71. The molecule has 0 unspecified atom stereocenters. The Balaban J connectivity index is 1.52. The molecule has 0 aromatic heterocycles. The fourth-order valence-electron chi connectivity index (χ4n) is 4.36. The number of aryl methyl sites for hydroxylation is 1. The first-order valence-electron chi connectivity index (χ1n) is 10.3. The highest BCUT2D eigenvalue weighted by Gasteiger charge is 2.36. The zero-order valence-electron chi connectivity index (χ0n) is 17.2. The summed E-state index contributed by atoms with van der Waals surface area (Å²) in [7, 11) is -2.46. The molecule has 1 aliphatic heterocycles. The zero-order chi connectivity index (χ0) is 21.0. The summed E-state index contributed by atoms with van der Waals surface area (Å²) < 4.78 is 31.2. The van der Waals surface area contributed by atoms with Crippen molar-refractivity contribution in [3.05, 3.63) is 29.8 Å². The fourth-order valence-corrected chi connectivity index (χ4v) is 5.48. The predicted octanol–water partition coefficient (Wildman–Crippen LogP) is 2.34. The van der Waals surface area contributed by atoms with E-state index in [4.69, 9.17) is 4.74 Å². The lowest BCUT2D eigenvalue weighted by atomic mass is 9.78. The zero-order valence-corrected chi connectivity index (χ0v) is 18.0. The van der Waals surface area contributed by atoms with Crippen molar-refractivity contribution in [2.24, 2.45) is 5.92 Å². The van der Waals surface area contributed by atoms with Gasteiger partial charge in [-0.3, -0.25) is 9.59 Å². The Kier molecular flexibility index (Phi) is 6.95. The number of amides is 1. The first-order chi connectivity index (χ1) is 13.8. The predicted molar refractivity (Wildman–Crippen MR) is 109 cm³/mol. The van der Waals surface area contributed by atoms with Crippen molar-refractivity contribution in [2.45, 2.75) is 56.4 Å². The Morgan fingerprint density at radius 2 is 1.76 bits per heavy atom. The number of esters is 1. The van der Waals surface area contributed by atoms with Crippen LogP contribution in [0, 0.1) is 12.8 Å². The van der Waals surface area contributed by atoms with E-state index in [-0.39, 0.29) is 23.5 Å². The van der Waals surface area contributed by atoms with Gasteiger partial charge >= 0.3 is 5.97 Å². The van der Waals surface area contributed by atoms with Crippen LogP contribution in [0.2, 0.25) is 0 Å². The highest BCUT2D eigenvalue weighted by molar-refractivity contribution is 7.89. The molecule has 1 saturated carbocycles. The van der Waals surface area contributed by atoms with E-state index in [0.29, 0.717) is 12.5 Å². The van der Waals surface area contributed by atoms with Crippen LogP contribution in [-0.4, -0.2) is 62.3 Å². The first kappa shape index (κ1) is 21.8. The largest absolute Gasteiger partial charge is 0.455 e. The summed E-state index contributed by atoms with van der Waals surface area (Å²) in [4.78, 5) is 26.8. The van der Waals surface area contributed by atoms with Crippen molar-refractivity contribution in [3.8, 4) is 0 Å². The number of carbonyl (C=O) groups excluding carboxylic acids is 2. The van der Waals surface area contributed by atoms with Crippen molar-refractivity contribution in [1.29, 1.82) is 0 Å². The van der Waals surface area contributed by atoms with Gasteiger partial charge in [0.15, 0.2) is 6.61 Å². The second-order valence-corrected chi connectivity index (χ2v) is 10.1. The Hall–Kier alpha value is -1.93. The lowest BCUT2D eigenvalue weighted by molar-refractivity contribution is -0.154. The molecule has 2 atom stereocenters. The molecule has 3 rings (SSSR count). The molecule has 2 fully saturated rings. The Labute approximate surface area is 173 Å². The van der Waals surface area contributed by atoms with Gasteiger partial charge in [0, 0.05) is 19.6 Å². The molecule has 2 aliphatic rings. The fraction of sp³-hybridized carbons (Fsp3) is 0.619. The van der Waals surface area contributed by atoms with Crippen molar-refractivity contribution in [1.82, 2.24) is 9.21 Å². The molecule has 0 N–H and O–H groups in total. The maximum Gasteiger partial charge on any atom is 0.321 e. The van der Waals surface area contributed by atoms with Crippen LogP contribution in [0.4, 0.5) is 0 Å². The molecule has 29 heavy (non-hydrogen) atoms. The topological polar surface area (TPSA) is 84.0 Å². The number of hydrogen-bond acceptors (Lipinski definition) is 5. The second kappa shape index (κ2) is 9.26. The van der Waals surface area contributed by atoms with Gasteiger partial charge in [-0.25, -0.2) is 8.42 Å². The van der Waals surface area contributed by atoms with Crippen LogP contribution in [0.1, 0.15) is 44.1 Å². The van der Waals surface area contributed by atoms with E-state index in [1.165, 1.54) is 25.6 Å². The lowest BCUT2D eigenvalue weighted by Crippen LogP contribution is -2.51. The summed E-state index contributed by atoms with van der Waals surface area (Å²) in [6.45, 7) is 1.81. The highest BCUT2D eigenvalue weighted by Crippen LogP contribution is 2.35. The normalized spacial score (nSPS) is 22.2. The summed E-state index contributed by atoms with van der Waals surface area (Å²) >= 11 is 0. The molecule has 1 aromatic carbocycles. The number of benzene rings is 1. The number of ether oxygens (including phenoxy) is 1. The maximum absolute atomic E-state index is 12.6. The maximum atomic E-state index is 12.6. The quantitative estimate of drug-likeness (QED) is 0.657. The third-order valence-corrected chi connectivity index (χ3v) is 7.82. The Morgan fingerprint density at radius 1 is 1.10 bits per heavy atom. The molecule has 7 nitrogen and oxygen atoms in total. The smallest absolute Gasteiger partial charge is 0.321 e. The number of rotatable bonds is 6. The summed E-state index contributed by atoms with van der Waals surface area (Å²) in [6.07, 6.45) is 6.68. The van der Waals surface area contributed by atoms with Crippen LogP contribution < -0.4 is 0 Å². The van der Waals surface area contributed by atoms with E-state index in [2.05, 4.69) is 0 Å². The van der Waals surface area contributed by atoms with Crippen LogP contribution in [0.5, 0.6) is 0 Å². The van der Waals surface area contributed by atoms with Gasteiger partial charge in [-0.2, -0.15) is 4.31 Å². The molecule has 0 spiro atoms. The van der Waals surface area contributed by atoms with Gasteiger partial charge in [-0.1, -0.05) is 30.5 Å². The molecule has 8 heteroatoms. The number of likely N-dealkylation sites (tertiary alicyclic amines) is 1. The van der Waals surface area contributed by atoms with Gasteiger partial charge in [-0.05, 0) is 50.7 Å². The highest BCUT2D eigenvalue weighted by atomic mass is 32.2. The van der Waals surface area contributed by atoms with Crippen LogP contribution in [0.3, 0.4) is 0 Å². The molecular formula is C21H30N2O5S. The molecule has 1 heterocycles. The summed E-state index contributed by atoms with van der Waals surface area (Å²) in [6, 6.07) is 6.68. The van der Waals surface area contributed by atoms with Gasteiger partial charge in [-0.15, -0.1) is 0 Å². The molecule has 1 aliphatic carbocycles. The number of likely N-dealkylation sites (N-methyl/N-ethyl adjacent to an activating group) is 1. The van der Waals surface area contributed by atoms with Crippen LogP contribution in [0.15, 0.2) is 29.2 Å². The molecule has 0 bridgehead atoms. The van der Waals surface area contributed by atoms with Crippen LogP contribution >= 0.6 is 0 Å². The second-order valence-electron chi connectivity index (χ2n) is 8.08. The van der Waals surface area contributed by atoms with E-state index in [1.54, 1.807) is 12.1 Å². The van der Waals surface area contributed by atoms with E-state index in [1.807, 2.05) is 11.8 Å².